The van der Waals surface area contributed by atoms with Crippen LogP contribution in [-0.2, 0) is 13.1 Å². The first-order chi connectivity index (χ1) is 19.3. The predicted octanol–water partition coefficient (Wildman–Crippen LogP) is 4.51. The number of carbonyl (C=O) groups excluding carboxylic acids is 1. The number of carbonyl (C=O) groups is 1. The zero-order chi connectivity index (χ0) is 28.2. The van der Waals surface area contributed by atoms with Crippen molar-refractivity contribution in [3.8, 4) is 5.75 Å². The number of rotatable bonds is 8. The number of piperidine rings is 1. The molecule has 3 heterocycles. The van der Waals surface area contributed by atoms with E-state index in [0.717, 1.165) is 64.8 Å². The van der Waals surface area contributed by atoms with E-state index in [9.17, 15) is 22.8 Å². The maximum absolute atomic E-state index is 13.6. The number of ether oxygens (including phenoxy) is 1. The Labute approximate surface area is 229 Å². The molecule has 0 bridgehead atoms. The molecule has 0 unspecified atom stereocenters. The minimum atomic E-state index is -1.58. The van der Waals surface area contributed by atoms with Crippen molar-refractivity contribution in [1.29, 1.82) is 0 Å². The zero-order valence-electron chi connectivity index (χ0n) is 22.0. The lowest BCUT2D eigenvalue weighted by Gasteiger charge is -2.29. The molecule has 1 fully saturated rings. The van der Waals surface area contributed by atoms with Gasteiger partial charge in [0.05, 0.1) is 18.7 Å². The highest BCUT2D eigenvalue weighted by atomic mass is 19.2. The van der Waals surface area contributed by atoms with Crippen LogP contribution in [-0.4, -0.2) is 47.1 Å². The lowest BCUT2D eigenvalue weighted by molar-refractivity contribution is 0.0948. The number of nitrogens with zero attached hydrogens (tertiary/aromatic N) is 3. The van der Waals surface area contributed by atoms with Crippen LogP contribution in [0.4, 0.5) is 13.2 Å². The van der Waals surface area contributed by atoms with Gasteiger partial charge in [-0.05, 0) is 80.0 Å². The van der Waals surface area contributed by atoms with Crippen LogP contribution >= 0.6 is 0 Å². The van der Waals surface area contributed by atoms with E-state index in [2.05, 4.69) is 22.2 Å². The molecule has 1 amide bonds. The number of nitrogens with one attached hydrogen (secondary N) is 1. The summed E-state index contributed by atoms with van der Waals surface area (Å²) in [6.07, 6.45) is 5.38. The molecule has 10 heteroatoms. The Morgan fingerprint density at radius 2 is 1.90 bits per heavy atom. The van der Waals surface area contributed by atoms with Crippen LogP contribution in [0.1, 0.15) is 34.3 Å². The fourth-order valence-corrected chi connectivity index (χ4v) is 5.03. The first-order valence-corrected chi connectivity index (χ1v) is 13.1. The number of aromatic nitrogens is 2. The molecule has 1 aliphatic heterocycles. The second-order valence-corrected chi connectivity index (χ2v) is 10.2. The second-order valence-electron chi connectivity index (χ2n) is 10.2. The van der Waals surface area contributed by atoms with Gasteiger partial charge in [-0.3, -0.25) is 14.6 Å². The van der Waals surface area contributed by atoms with Crippen LogP contribution in [0.3, 0.4) is 0 Å². The standard InChI is InChI=1S/C30H29F3N4O3/c1-36-10-2-4-20(16-36)18-40-27-8-9-34-26-7-6-19(12-23(26)27)15-35-29(38)22-5-3-11-37(30(22)39)17-21-13-24(31)28(33)25(32)14-21/h3,5-9,11-14,20H,2,4,10,15-18H2,1H3,(H,35,38)/t20-/m1/s1. The average Bonchev–Trinajstić information content (AvgIpc) is 2.94. The molecule has 0 saturated carbocycles. The minimum Gasteiger partial charge on any atom is -0.492 e. The highest BCUT2D eigenvalue weighted by Gasteiger charge is 2.19. The third kappa shape index (κ3) is 6.17. The van der Waals surface area contributed by atoms with Crippen molar-refractivity contribution in [2.24, 2.45) is 5.92 Å². The summed E-state index contributed by atoms with van der Waals surface area (Å²) in [6.45, 7) is 2.64. The van der Waals surface area contributed by atoms with Crippen molar-refractivity contribution >= 4 is 16.8 Å². The number of pyridine rings is 2. The average molecular weight is 551 g/mol. The van der Waals surface area contributed by atoms with Gasteiger partial charge in [-0.25, -0.2) is 13.2 Å². The summed E-state index contributed by atoms with van der Waals surface area (Å²) in [4.78, 5) is 32.5. The fourth-order valence-electron chi connectivity index (χ4n) is 5.03. The molecule has 4 aromatic rings. The van der Waals surface area contributed by atoms with E-state index in [1.807, 2.05) is 24.3 Å². The SMILES string of the molecule is CN1CCC[C@@H](COc2ccnc3ccc(CNC(=O)c4cccn(Cc5cc(F)c(F)c(F)c5)c4=O)cc23)C1. The van der Waals surface area contributed by atoms with E-state index in [1.165, 1.54) is 18.3 Å². The summed E-state index contributed by atoms with van der Waals surface area (Å²) in [7, 11) is 2.12. The van der Waals surface area contributed by atoms with Gasteiger partial charge >= 0.3 is 0 Å². The van der Waals surface area contributed by atoms with Gasteiger partial charge in [-0.2, -0.15) is 0 Å². The molecule has 0 radical (unpaired) electrons. The predicted molar refractivity (Wildman–Crippen MR) is 145 cm³/mol. The second kappa shape index (κ2) is 11.9. The molecular weight excluding hydrogens is 521 g/mol. The molecule has 208 valence electrons. The van der Waals surface area contributed by atoms with Crippen molar-refractivity contribution in [3.05, 3.63) is 105 Å². The van der Waals surface area contributed by atoms with Crippen LogP contribution in [0.15, 0.2) is 65.7 Å². The quantitative estimate of drug-likeness (QED) is 0.327. The topological polar surface area (TPSA) is 76.5 Å². The first kappa shape index (κ1) is 27.4. The maximum Gasteiger partial charge on any atom is 0.263 e. The minimum absolute atomic E-state index is 0.0503. The van der Waals surface area contributed by atoms with Crippen LogP contribution in [0.2, 0.25) is 0 Å². The molecule has 7 nitrogen and oxygen atoms in total. The van der Waals surface area contributed by atoms with Gasteiger partial charge < -0.3 is 19.5 Å². The van der Waals surface area contributed by atoms with Crippen LogP contribution in [0, 0.1) is 23.4 Å². The third-order valence-electron chi connectivity index (χ3n) is 7.08. The molecule has 1 aliphatic rings. The van der Waals surface area contributed by atoms with Crippen LogP contribution < -0.4 is 15.6 Å². The zero-order valence-corrected chi connectivity index (χ0v) is 22.0. The molecule has 1 N–H and O–H groups in total. The molecule has 5 rings (SSSR count). The molecular formula is C30H29F3N4O3. The molecule has 1 atom stereocenters. The van der Waals surface area contributed by atoms with Gasteiger partial charge in [0.2, 0.25) is 0 Å². The van der Waals surface area contributed by atoms with E-state index in [0.29, 0.717) is 12.5 Å². The fraction of sp³-hybridized carbons (Fsp3) is 0.300. The summed E-state index contributed by atoms with van der Waals surface area (Å²) in [6, 6.07) is 11.9. The highest BCUT2D eigenvalue weighted by molar-refractivity contribution is 5.93. The van der Waals surface area contributed by atoms with E-state index < -0.39 is 28.9 Å². The number of hydrogen-bond donors (Lipinski definition) is 1. The highest BCUT2D eigenvalue weighted by Crippen LogP contribution is 2.26. The van der Waals surface area contributed by atoms with Crippen molar-refractivity contribution in [3.63, 3.8) is 0 Å². The summed E-state index contributed by atoms with van der Waals surface area (Å²) in [5.41, 5.74) is 0.846. The van der Waals surface area contributed by atoms with Gasteiger partial charge in [0, 0.05) is 36.8 Å². The summed E-state index contributed by atoms with van der Waals surface area (Å²) in [5.74, 6) is -3.69. The molecule has 40 heavy (non-hydrogen) atoms. The Kier molecular flexibility index (Phi) is 8.16. The van der Waals surface area contributed by atoms with Crippen LogP contribution in [0.25, 0.3) is 10.9 Å². The number of benzene rings is 2. The molecule has 2 aromatic heterocycles. The Hall–Kier alpha value is -4.18. The lowest BCUT2D eigenvalue weighted by Crippen LogP contribution is -2.34. The lowest BCUT2D eigenvalue weighted by atomic mass is 9.99. The maximum atomic E-state index is 13.6. The van der Waals surface area contributed by atoms with E-state index >= 15 is 0 Å². The first-order valence-electron chi connectivity index (χ1n) is 13.1. The number of likely N-dealkylation sites (tertiary alicyclic amines) is 1. The van der Waals surface area contributed by atoms with Crippen LogP contribution in [0.5, 0.6) is 5.75 Å². The van der Waals surface area contributed by atoms with Gasteiger partial charge in [0.25, 0.3) is 11.5 Å². The summed E-state index contributed by atoms with van der Waals surface area (Å²) >= 11 is 0. The number of amides is 1. The number of halogens is 3. The molecule has 2 aromatic carbocycles. The summed E-state index contributed by atoms with van der Waals surface area (Å²) in [5, 5.41) is 3.59. The van der Waals surface area contributed by atoms with E-state index in [4.69, 9.17) is 4.74 Å². The Bertz CT molecular complexity index is 1580. The van der Waals surface area contributed by atoms with E-state index in [-0.39, 0.29) is 24.2 Å². The monoisotopic (exact) mass is 550 g/mol. The third-order valence-corrected chi connectivity index (χ3v) is 7.08. The molecule has 0 aliphatic carbocycles. The Morgan fingerprint density at radius 1 is 1.10 bits per heavy atom. The van der Waals surface area contributed by atoms with Gasteiger partial charge in [-0.15, -0.1) is 0 Å². The van der Waals surface area contributed by atoms with Crippen molar-refractivity contribution in [1.82, 2.24) is 19.8 Å². The molecule has 0 spiro atoms. The molecule has 1 saturated heterocycles. The normalized spacial score (nSPS) is 15.8. The summed E-state index contributed by atoms with van der Waals surface area (Å²) < 4.78 is 47.8. The van der Waals surface area contributed by atoms with Gasteiger partial charge in [-0.1, -0.05) is 6.07 Å². The number of hydrogen-bond acceptors (Lipinski definition) is 5. The Morgan fingerprint density at radius 3 is 2.67 bits per heavy atom. The van der Waals surface area contributed by atoms with E-state index in [1.54, 1.807) is 6.20 Å². The Balaban J connectivity index is 1.27. The number of fused-ring (bicyclic) bond motifs is 1. The van der Waals surface area contributed by atoms with Gasteiger partial charge in [0.15, 0.2) is 17.5 Å². The van der Waals surface area contributed by atoms with Crippen molar-refractivity contribution < 1.29 is 22.7 Å². The van der Waals surface area contributed by atoms with Crippen molar-refractivity contribution in [2.45, 2.75) is 25.9 Å². The van der Waals surface area contributed by atoms with Gasteiger partial charge in [0.1, 0.15) is 11.3 Å². The van der Waals surface area contributed by atoms with Crippen molar-refractivity contribution in [2.75, 3.05) is 26.7 Å². The largest absolute Gasteiger partial charge is 0.492 e. The smallest absolute Gasteiger partial charge is 0.263 e.